The van der Waals surface area contributed by atoms with E-state index in [1.54, 1.807) is 0 Å². The molecule has 1 aromatic heterocycles. The van der Waals surface area contributed by atoms with Crippen LogP contribution >= 0.6 is 11.3 Å². The minimum absolute atomic E-state index is 0.117. The standard InChI is InChI=1S/C6H10N4OS/c1-4-9-10-6(12-4)8-5(11)2-3-7/h2-3,7H2,1H3,(H,8,10,11). The van der Waals surface area contributed by atoms with E-state index >= 15 is 0 Å². The van der Waals surface area contributed by atoms with Crippen LogP contribution in [0.15, 0.2) is 0 Å². The summed E-state index contributed by atoms with van der Waals surface area (Å²) < 4.78 is 0. The largest absolute Gasteiger partial charge is 0.330 e. The summed E-state index contributed by atoms with van der Waals surface area (Å²) in [7, 11) is 0. The number of amides is 1. The van der Waals surface area contributed by atoms with Gasteiger partial charge in [-0.25, -0.2) is 0 Å². The fourth-order valence-electron chi connectivity index (χ4n) is 0.660. The Morgan fingerprint density at radius 2 is 2.42 bits per heavy atom. The lowest BCUT2D eigenvalue weighted by Crippen LogP contribution is -2.15. The highest BCUT2D eigenvalue weighted by atomic mass is 32.1. The molecule has 5 nitrogen and oxygen atoms in total. The average molecular weight is 186 g/mol. The predicted octanol–water partition coefficient (Wildman–Crippen LogP) is 0.134. The highest BCUT2D eigenvalue weighted by molar-refractivity contribution is 7.15. The van der Waals surface area contributed by atoms with E-state index in [2.05, 4.69) is 15.5 Å². The van der Waals surface area contributed by atoms with E-state index in [0.717, 1.165) is 5.01 Å². The first-order valence-electron chi connectivity index (χ1n) is 3.52. The van der Waals surface area contributed by atoms with Crippen LogP contribution < -0.4 is 11.1 Å². The van der Waals surface area contributed by atoms with Crippen LogP contribution in [0.2, 0.25) is 0 Å². The van der Waals surface area contributed by atoms with Crippen LogP contribution in [0.3, 0.4) is 0 Å². The first-order valence-corrected chi connectivity index (χ1v) is 4.34. The van der Waals surface area contributed by atoms with E-state index in [0.29, 0.717) is 18.1 Å². The molecule has 66 valence electrons. The molecule has 0 atom stereocenters. The highest BCUT2D eigenvalue weighted by Crippen LogP contribution is 2.13. The van der Waals surface area contributed by atoms with Gasteiger partial charge in [0, 0.05) is 13.0 Å². The van der Waals surface area contributed by atoms with Crippen molar-refractivity contribution in [2.24, 2.45) is 5.73 Å². The molecule has 0 radical (unpaired) electrons. The molecule has 0 bridgehead atoms. The number of carbonyl (C=O) groups is 1. The van der Waals surface area contributed by atoms with Gasteiger partial charge < -0.3 is 11.1 Å². The van der Waals surface area contributed by atoms with Gasteiger partial charge in [-0.05, 0) is 6.92 Å². The Labute approximate surface area is 74.0 Å². The molecule has 1 aromatic rings. The second-order valence-electron chi connectivity index (χ2n) is 2.21. The van der Waals surface area contributed by atoms with Gasteiger partial charge in [-0.2, -0.15) is 0 Å². The molecule has 0 spiro atoms. The zero-order valence-corrected chi connectivity index (χ0v) is 7.52. The van der Waals surface area contributed by atoms with Gasteiger partial charge in [0.05, 0.1) is 0 Å². The molecule has 0 unspecified atom stereocenters. The van der Waals surface area contributed by atoms with E-state index in [-0.39, 0.29) is 5.91 Å². The number of rotatable bonds is 3. The Balaban J connectivity index is 2.46. The molecule has 0 aromatic carbocycles. The molecule has 0 aliphatic carbocycles. The van der Waals surface area contributed by atoms with E-state index in [4.69, 9.17) is 5.73 Å². The Kier molecular flexibility index (Phi) is 3.12. The SMILES string of the molecule is Cc1nnc(NC(=O)CCN)s1. The molecule has 0 saturated carbocycles. The molecule has 1 heterocycles. The van der Waals surface area contributed by atoms with Gasteiger partial charge in [0.1, 0.15) is 5.01 Å². The molecule has 1 rings (SSSR count). The summed E-state index contributed by atoms with van der Waals surface area (Å²) in [6.45, 7) is 2.18. The zero-order valence-electron chi connectivity index (χ0n) is 6.70. The second-order valence-corrected chi connectivity index (χ2v) is 3.39. The Bertz CT molecular complexity index is 272. The minimum Gasteiger partial charge on any atom is -0.330 e. The molecule has 12 heavy (non-hydrogen) atoms. The van der Waals surface area contributed by atoms with Crippen molar-refractivity contribution in [2.75, 3.05) is 11.9 Å². The molecule has 0 saturated heterocycles. The van der Waals surface area contributed by atoms with Gasteiger partial charge in [-0.15, -0.1) is 10.2 Å². The van der Waals surface area contributed by atoms with Crippen molar-refractivity contribution in [3.63, 3.8) is 0 Å². The number of nitrogens with one attached hydrogen (secondary N) is 1. The maximum atomic E-state index is 11.0. The maximum Gasteiger partial charge on any atom is 0.227 e. The number of aryl methyl sites for hydroxylation is 1. The minimum atomic E-state index is -0.117. The van der Waals surface area contributed by atoms with Crippen molar-refractivity contribution in [3.05, 3.63) is 5.01 Å². The Morgan fingerprint density at radius 1 is 1.67 bits per heavy atom. The number of aromatic nitrogens is 2. The van der Waals surface area contributed by atoms with Crippen molar-refractivity contribution < 1.29 is 4.79 Å². The second kappa shape index (κ2) is 4.13. The number of carbonyl (C=O) groups excluding carboxylic acids is 1. The van der Waals surface area contributed by atoms with Gasteiger partial charge in [-0.1, -0.05) is 11.3 Å². The van der Waals surface area contributed by atoms with Crippen molar-refractivity contribution in [2.45, 2.75) is 13.3 Å². The summed E-state index contributed by atoms with van der Waals surface area (Å²) in [4.78, 5) is 11.0. The summed E-state index contributed by atoms with van der Waals surface area (Å²) in [5.74, 6) is -0.117. The van der Waals surface area contributed by atoms with Gasteiger partial charge in [0.15, 0.2) is 0 Å². The molecule has 0 fully saturated rings. The lowest BCUT2D eigenvalue weighted by Gasteiger charge is -1.96. The average Bonchev–Trinajstić information content (AvgIpc) is 2.36. The van der Waals surface area contributed by atoms with Gasteiger partial charge in [-0.3, -0.25) is 4.79 Å². The summed E-state index contributed by atoms with van der Waals surface area (Å²) in [6, 6.07) is 0. The Hall–Kier alpha value is -1.01. The summed E-state index contributed by atoms with van der Waals surface area (Å²) in [5, 5.41) is 11.4. The quantitative estimate of drug-likeness (QED) is 0.703. The van der Waals surface area contributed by atoms with Gasteiger partial charge >= 0.3 is 0 Å². The van der Waals surface area contributed by atoms with Crippen LogP contribution in [0.4, 0.5) is 5.13 Å². The molecule has 3 N–H and O–H groups in total. The van der Waals surface area contributed by atoms with Crippen molar-refractivity contribution >= 4 is 22.4 Å². The molecule has 0 aliphatic rings. The highest BCUT2D eigenvalue weighted by Gasteiger charge is 2.04. The van der Waals surface area contributed by atoms with E-state index < -0.39 is 0 Å². The van der Waals surface area contributed by atoms with Crippen LogP contribution in [0, 0.1) is 6.92 Å². The molecule has 0 aliphatic heterocycles. The van der Waals surface area contributed by atoms with Crippen molar-refractivity contribution in [1.82, 2.24) is 10.2 Å². The number of nitrogens with zero attached hydrogens (tertiary/aromatic N) is 2. The van der Waals surface area contributed by atoms with E-state index in [9.17, 15) is 4.79 Å². The third-order valence-electron chi connectivity index (χ3n) is 1.14. The van der Waals surface area contributed by atoms with Crippen LogP contribution in [-0.2, 0) is 4.79 Å². The fourth-order valence-corrected chi connectivity index (χ4v) is 1.27. The maximum absolute atomic E-state index is 11.0. The topological polar surface area (TPSA) is 80.9 Å². The van der Waals surface area contributed by atoms with E-state index in [1.807, 2.05) is 6.92 Å². The third kappa shape index (κ3) is 2.55. The lowest BCUT2D eigenvalue weighted by molar-refractivity contribution is -0.116. The Morgan fingerprint density at radius 3 is 2.92 bits per heavy atom. The zero-order chi connectivity index (χ0) is 8.97. The summed E-state index contributed by atoms with van der Waals surface area (Å²) >= 11 is 1.35. The number of nitrogens with two attached hydrogens (primary N) is 1. The van der Waals surface area contributed by atoms with Crippen LogP contribution in [0.1, 0.15) is 11.4 Å². The van der Waals surface area contributed by atoms with Crippen molar-refractivity contribution in [1.29, 1.82) is 0 Å². The number of anilines is 1. The first kappa shape index (κ1) is 9.08. The summed E-state index contributed by atoms with van der Waals surface area (Å²) in [6.07, 6.45) is 0.318. The smallest absolute Gasteiger partial charge is 0.227 e. The molecular formula is C6H10N4OS. The third-order valence-corrected chi connectivity index (χ3v) is 1.90. The van der Waals surface area contributed by atoms with E-state index in [1.165, 1.54) is 11.3 Å². The van der Waals surface area contributed by atoms with Gasteiger partial charge in [0.25, 0.3) is 0 Å². The predicted molar refractivity (Wildman–Crippen MR) is 46.9 cm³/mol. The lowest BCUT2D eigenvalue weighted by atomic mass is 10.4. The van der Waals surface area contributed by atoms with Crippen LogP contribution in [-0.4, -0.2) is 22.6 Å². The number of hydrogen-bond donors (Lipinski definition) is 2. The summed E-state index contributed by atoms with van der Waals surface area (Å²) in [5.41, 5.74) is 5.19. The normalized spacial score (nSPS) is 9.83. The fraction of sp³-hybridized carbons (Fsp3) is 0.500. The molecule has 6 heteroatoms. The molecular weight excluding hydrogens is 176 g/mol. The molecule has 1 amide bonds. The van der Waals surface area contributed by atoms with Crippen LogP contribution in [0.25, 0.3) is 0 Å². The van der Waals surface area contributed by atoms with Gasteiger partial charge in [0.2, 0.25) is 11.0 Å². The first-order chi connectivity index (χ1) is 5.72. The van der Waals surface area contributed by atoms with Crippen LogP contribution in [0.5, 0.6) is 0 Å². The number of hydrogen-bond acceptors (Lipinski definition) is 5. The van der Waals surface area contributed by atoms with Crippen molar-refractivity contribution in [3.8, 4) is 0 Å². The monoisotopic (exact) mass is 186 g/mol.